The number of fused-ring (bicyclic) bond motifs is 2. The predicted molar refractivity (Wildman–Crippen MR) is 128 cm³/mol. The lowest BCUT2D eigenvalue weighted by Gasteiger charge is -2.32. The molecule has 1 aliphatic carbocycles. The van der Waals surface area contributed by atoms with Crippen LogP contribution in [0.2, 0.25) is 5.02 Å². The van der Waals surface area contributed by atoms with E-state index < -0.39 is 0 Å². The fraction of sp³-hybridized carbons (Fsp3) is 0.435. The minimum absolute atomic E-state index is 0. The Hall–Kier alpha value is -2.55. The van der Waals surface area contributed by atoms with Crippen molar-refractivity contribution in [3.05, 3.63) is 52.3 Å². The third kappa shape index (κ3) is 5.03. The zero-order chi connectivity index (χ0) is 22.2. The van der Waals surface area contributed by atoms with Gasteiger partial charge in [0.1, 0.15) is 11.5 Å². The molecule has 2 aromatic heterocycles. The molecule has 1 aliphatic heterocycles. The quantitative estimate of drug-likeness (QED) is 0.516. The molecule has 0 saturated heterocycles. The molecule has 1 fully saturated rings. The Labute approximate surface area is 202 Å². The lowest BCUT2D eigenvalue weighted by atomic mass is 9.90. The summed E-state index contributed by atoms with van der Waals surface area (Å²) in [5.41, 5.74) is 2.19. The van der Waals surface area contributed by atoms with Crippen LogP contribution >= 0.6 is 24.0 Å². The van der Waals surface area contributed by atoms with Gasteiger partial charge in [0.2, 0.25) is 0 Å². The van der Waals surface area contributed by atoms with E-state index in [0.29, 0.717) is 17.3 Å². The van der Waals surface area contributed by atoms with E-state index in [4.69, 9.17) is 16.0 Å². The average molecular weight is 492 g/mol. The van der Waals surface area contributed by atoms with E-state index in [9.17, 15) is 9.59 Å². The van der Waals surface area contributed by atoms with Gasteiger partial charge in [-0.1, -0.05) is 24.4 Å². The monoisotopic (exact) mass is 491 g/mol. The highest BCUT2D eigenvalue weighted by molar-refractivity contribution is 6.31. The molecule has 3 N–H and O–H groups in total. The molecule has 1 aromatic carbocycles. The summed E-state index contributed by atoms with van der Waals surface area (Å²) in [5.74, 6) is 0.344. The Balaban J connectivity index is 0.00000259. The standard InChI is InChI=1S/C23H26ClN5O3.ClH/c1-29-9-8-18-20(12-29)32-23(28-18)22(31)27-17-5-3-2-4-16(17)26-21(30)19-11-13-10-14(24)6-7-15(13)25-19;/h6-7,10-11,16-17,25H,2-5,8-9,12H2,1H3,(H,26,30)(H,27,31);1H/t16-,17+;/m1./s1. The average Bonchev–Trinajstić information content (AvgIpc) is 3.38. The summed E-state index contributed by atoms with van der Waals surface area (Å²) in [4.78, 5) is 35.4. The minimum Gasteiger partial charge on any atom is -0.436 e. The Kier molecular flexibility index (Phi) is 6.97. The summed E-state index contributed by atoms with van der Waals surface area (Å²) in [6, 6.07) is 6.92. The number of oxazole rings is 1. The SMILES string of the molecule is CN1CCc2nc(C(=O)N[C@H]3CCCC[C@H]3NC(=O)c3cc4cc(Cl)ccc4[nH]3)oc2C1.Cl. The van der Waals surface area contributed by atoms with Crippen molar-refractivity contribution in [1.29, 1.82) is 0 Å². The van der Waals surface area contributed by atoms with Crippen molar-refractivity contribution >= 4 is 46.7 Å². The van der Waals surface area contributed by atoms with E-state index in [1.165, 1.54) is 0 Å². The molecule has 3 aromatic rings. The summed E-state index contributed by atoms with van der Waals surface area (Å²) < 4.78 is 5.74. The van der Waals surface area contributed by atoms with E-state index in [1.54, 1.807) is 12.1 Å². The van der Waals surface area contributed by atoms with Gasteiger partial charge >= 0.3 is 5.91 Å². The van der Waals surface area contributed by atoms with Gasteiger partial charge in [0.15, 0.2) is 0 Å². The van der Waals surface area contributed by atoms with Crippen molar-refractivity contribution in [1.82, 2.24) is 25.5 Å². The molecule has 2 aliphatic rings. The molecule has 5 rings (SSSR count). The number of halogens is 2. The zero-order valence-corrected chi connectivity index (χ0v) is 19.9. The second-order valence-electron chi connectivity index (χ2n) is 8.74. The number of rotatable bonds is 4. The number of amides is 2. The number of nitrogens with zero attached hydrogens (tertiary/aromatic N) is 2. The first-order valence-electron chi connectivity index (χ1n) is 11.0. The highest BCUT2D eigenvalue weighted by Gasteiger charge is 2.31. The summed E-state index contributed by atoms with van der Waals surface area (Å²) >= 11 is 6.05. The molecule has 1 saturated carbocycles. The van der Waals surface area contributed by atoms with Crippen LogP contribution in [0.1, 0.15) is 58.3 Å². The van der Waals surface area contributed by atoms with Crippen LogP contribution in [0.25, 0.3) is 10.9 Å². The van der Waals surface area contributed by atoms with Crippen LogP contribution < -0.4 is 10.6 Å². The van der Waals surface area contributed by atoms with E-state index in [-0.39, 0.29) is 42.2 Å². The number of carbonyl (C=O) groups excluding carboxylic acids is 2. The molecule has 33 heavy (non-hydrogen) atoms. The summed E-state index contributed by atoms with van der Waals surface area (Å²) in [7, 11) is 2.02. The van der Waals surface area contributed by atoms with E-state index in [2.05, 4.69) is 25.5 Å². The molecule has 0 spiro atoms. The van der Waals surface area contributed by atoms with Gasteiger partial charge in [-0.3, -0.25) is 14.5 Å². The number of hydrogen-bond acceptors (Lipinski definition) is 5. The smallest absolute Gasteiger partial charge is 0.307 e. The third-order valence-electron chi connectivity index (χ3n) is 6.34. The van der Waals surface area contributed by atoms with Crippen molar-refractivity contribution in [2.75, 3.05) is 13.6 Å². The number of hydrogen-bond donors (Lipinski definition) is 3. The number of aromatic nitrogens is 2. The molecule has 8 nitrogen and oxygen atoms in total. The van der Waals surface area contributed by atoms with Crippen LogP contribution in [0.15, 0.2) is 28.7 Å². The van der Waals surface area contributed by atoms with Crippen molar-refractivity contribution < 1.29 is 14.0 Å². The van der Waals surface area contributed by atoms with E-state index in [1.807, 2.05) is 19.2 Å². The van der Waals surface area contributed by atoms with E-state index in [0.717, 1.165) is 61.0 Å². The number of nitrogens with one attached hydrogen (secondary N) is 3. The molecule has 2 atom stereocenters. The fourth-order valence-corrected chi connectivity index (χ4v) is 4.78. The van der Waals surface area contributed by atoms with Crippen molar-refractivity contribution in [3.63, 3.8) is 0 Å². The van der Waals surface area contributed by atoms with Gasteiger partial charge in [0.05, 0.1) is 12.2 Å². The molecule has 10 heteroatoms. The number of carbonyl (C=O) groups is 2. The fourth-order valence-electron chi connectivity index (χ4n) is 4.60. The minimum atomic E-state index is -0.326. The summed E-state index contributed by atoms with van der Waals surface area (Å²) in [6.45, 7) is 1.56. The van der Waals surface area contributed by atoms with Gasteiger partial charge in [-0.05, 0) is 44.2 Å². The van der Waals surface area contributed by atoms with Crippen LogP contribution in [0.4, 0.5) is 0 Å². The zero-order valence-electron chi connectivity index (χ0n) is 18.3. The van der Waals surface area contributed by atoms with Gasteiger partial charge < -0.3 is 20.0 Å². The first-order chi connectivity index (χ1) is 15.5. The first-order valence-corrected chi connectivity index (χ1v) is 11.4. The van der Waals surface area contributed by atoms with Crippen molar-refractivity contribution in [2.45, 2.75) is 50.7 Å². The number of benzene rings is 1. The van der Waals surface area contributed by atoms with Gasteiger partial charge in [-0.15, -0.1) is 12.4 Å². The molecule has 0 radical (unpaired) electrons. The third-order valence-corrected chi connectivity index (χ3v) is 6.58. The maximum absolute atomic E-state index is 12.9. The molecular weight excluding hydrogens is 465 g/mol. The lowest BCUT2D eigenvalue weighted by molar-refractivity contribution is 0.0839. The van der Waals surface area contributed by atoms with Gasteiger partial charge in [0, 0.05) is 41.0 Å². The predicted octanol–water partition coefficient (Wildman–Crippen LogP) is 3.69. The largest absolute Gasteiger partial charge is 0.436 e. The van der Waals surface area contributed by atoms with Gasteiger partial charge in [-0.25, -0.2) is 4.98 Å². The Morgan fingerprint density at radius 1 is 1.15 bits per heavy atom. The summed E-state index contributed by atoms with van der Waals surface area (Å²) in [5, 5.41) is 7.65. The van der Waals surface area contributed by atoms with E-state index >= 15 is 0 Å². The second kappa shape index (κ2) is 9.75. The molecule has 0 bridgehead atoms. The molecule has 176 valence electrons. The Bertz CT molecular complexity index is 1170. The van der Waals surface area contributed by atoms with Gasteiger partial charge in [0.25, 0.3) is 11.8 Å². The van der Waals surface area contributed by atoms with Crippen LogP contribution in [-0.2, 0) is 13.0 Å². The van der Waals surface area contributed by atoms with Crippen molar-refractivity contribution in [2.24, 2.45) is 0 Å². The first kappa shape index (κ1) is 23.6. The second-order valence-corrected chi connectivity index (χ2v) is 9.17. The van der Waals surface area contributed by atoms with Gasteiger partial charge in [-0.2, -0.15) is 0 Å². The Morgan fingerprint density at radius 2 is 1.88 bits per heavy atom. The molecule has 2 amide bonds. The number of aromatic amines is 1. The topological polar surface area (TPSA) is 103 Å². The molecule has 0 unspecified atom stereocenters. The number of H-pyrrole nitrogens is 1. The lowest BCUT2D eigenvalue weighted by Crippen LogP contribution is -2.53. The highest BCUT2D eigenvalue weighted by Crippen LogP contribution is 2.23. The number of likely N-dealkylation sites (N-methyl/N-ethyl adjacent to an activating group) is 1. The maximum atomic E-state index is 12.9. The van der Waals surface area contributed by atoms with Crippen LogP contribution in [0.5, 0.6) is 0 Å². The molecular formula is C23H27Cl2N5O3. The highest BCUT2D eigenvalue weighted by atomic mass is 35.5. The van der Waals surface area contributed by atoms with Crippen LogP contribution in [0.3, 0.4) is 0 Å². The normalized spacial score (nSPS) is 20.7. The molecule has 3 heterocycles. The maximum Gasteiger partial charge on any atom is 0.307 e. The van der Waals surface area contributed by atoms with Crippen LogP contribution in [0, 0.1) is 0 Å². The Morgan fingerprint density at radius 3 is 2.64 bits per heavy atom. The van der Waals surface area contributed by atoms with Crippen molar-refractivity contribution in [3.8, 4) is 0 Å². The summed E-state index contributed by atoms with van der Waals surface area (Å²) in [6.07, 6.45) is 4.37. The van der Waals surface area contributed by atoms with Crippen LogP contribution in [-0.4, -0.2) is 52.4 Å².